The molecule has 16 aromatic rings. The van der Waals surface area contributed by atoms with Crippen molar-refractivity contribution in [2.24, 2.45) is 0 Å². The third kappa shape index (κ3) is 7.47. The second-order valence-corrected chi connectivity index (χ2v) is 16.5. The average Bonchev–Trinajstić information content (AvgIpc) is 1.54. The summed E-state index contributed by atoms with van der Waals surface area (Å²) in [6.07, 6.45) is 0. The summed E-state index contributed by atoms with van der Waals surface area (Å²) in [4.78, 5) is 0. The van der Waals surface area contributed by atoms with Crippen LogP contribution >= 0.6 is 0 Å². The van der Waals surface area contributed by atoms with Crippen molar-refractivity contribution >= 4 is 97.3 Å². The van der Waals surface area contributed by atoms with Crippen LogP contribution in [0.15, 0.2) is 294 Å². The molecule has 1 aromatic heterocycles. The fraction of sp³-hybridized carbons (Fsp3) is 0. The first-order valence-electron chi connectivity index (χ1n) is 46.7. The Balaban J connectivity index is 0.000000194. The first-order valence-corrected chi connectivity index (χ1v) is 22.7. The van der Waals surface area contributed by atoms with Gasteiger partial charge >= 0.3 is 0 Å². The fourth-order valence-electron chi connectivity index (χ4n) is 9.19. The van der Waals surface area contributed by atoms with Gasteiger partial charge in [0.25, 0.3) is 0 Å². The van der Waals surface area contributed by atoms with E-state index in [9.17, 15) is 17.8 Å². The second-order valence-electron chi connectivity index (χ2n) is 16.5. The van der Waals surface area contributed by atoms with E-state index in [0.29, 0.717) is 0 Å². The number of hydrogen-bond acceptors (Lipinski definition) is 1. The van der Waals surface area contributed by atoms with Crippen molar-refractivity contribution in [2.75, 3.05) is 0 Å². The molecular formula is C76H48O. The highest BCUT2D eigenvalue weighted by Gasteiger charge is 2.22. The highest BCUT2D eigenvalue weighted by Crippen LogP contribution is 2.48. The van der Waals surface area contributed by atoms with Crippen LogP contribution in [0, 0.1) is 0 Å². The molecule has 0 saturated carbocycles. The Labute approximate surface area is 513 Å². The van der Waals surface area contributed by atoms with Crippen molar-refractivity contribution in [3.63, 3.8) is 0 Å². The molecule has 1 heterocycles. The van der Waals surface area contributed by atoms with E-state index < -0.39 is 443 Å². The fourth-order valence-corrected chi connectivity index (χ4v) is 9.19. The minimum absolute atomic E-state index is 0.401. The lowest BCUT2D eigenvalue weighted by atomic mass is 9.85. The van der Waals surface area contributed by atoms with E-state index in [0.717, 1.165) is 0 Å². The first-order chi connectivity index (χ1) is 58.2. The SMILES string of the molecule is [2H]c1c([2H])c(-c2c([2H])c([2H])c3c([2H])c([2H])c([2H])c([2H])c3c2[2H])c([2H])c(-c2c3c([2H])c([2H])c([2H])c([2H])c3c(-c3c([2H])c([2H])c4c([2H])c([2H])c([2H])c([2H])c4c3[2H])c3c([2H])c([2H])c([2H])c([2H])c23)c1[2H].[2H]c1c([2H])c([2H])c(-c2c3c([2H])c([2H])c([2H])c([2H])c3c(-c3c([2H])c([2H])c([2H])c4oc5c6c([2H])c([2H])c([2H])c([2H])c6c([2H])c([2H])c5c34)c3c([2H])c([2H])c([2H])c([2H])c23)c([2H])c1[2H]. The first kappa shape index (κ1) is 17.5. The molecule has 0 N–H and O–H groups in total. The average molecular weight is 1030 g/mol. The summed E-state index contributed by atoms with van der Waals surface area (Å²) in [6.45, 7) is 0. The molecule has 77 heavy (non-hydrogen) atoms. The third-order valence-electron chi connectivity index (χ3n) is 12.4. The van der Waals surface area contributed by atoms with Gasteiger partial charge in [0, 0.05) is 16.2 Å². The van der Waals surface area contributed by atoms with Gasteiger partial charge in [0.1, 0.15) is 11.2 Å². The van der Waals surface area contributed by atoms with Gasteiger partial charge in [-0.05, 0) is 156 Å². The molecule has 0 bridgehead atoms. The summed E-state index contributed by atoms with van der Waals surface area (Å²) in [5.74, 6) is 0. The lowest BCUT2D eigenvalue weighted by Crippen LogP contribution is -1.91. The molecule has 0 aliphatic carbocycles. The zero-order chi connectivity index (χ0) is 92.6. The van der Waals surface area contributed by atoms with E-state index in [4.69, 9.17) is 52.4 Å². The van der Waals surface area contributed by atoms with Crippen LogP contribution in [0.2, 0.25) is 0 Å². The maximum absolute atomic E-state index is 9.68. The van der Waals surface area contributed by atoms with Gasteiger partial charge in [0.2, 0.25) is 0 Å². The normalized spacial score (nSPS) is 20.4. The molecule has 15 aromatic carbocycles. The Morgan fingerprint density at radius 2 is 0.597 bits per heavy atom. The maximum Gasteiger partial charge on any atom is 0.143 e. The highest BCUT2D eigenvalue weighted by atomic mass is 16.3. The molecule has 0 amide bonds. The van der Waals surface area contributed by atoms with Crippen LogP contribution in [0.4, 0.5) is 0 Å². The van der Waals surface area contributed by atoms with Gasteiger partial charge in [-0.15, -0.1) is 0 Å². The van der Waals surface area contributed by atoms with E-state index >= 15 is 0 Å². The van der Waals surface area contributed by atoms with Crippen LogP contribution in [-0.2, 0) is 0 Å². The molecule has 0 saturated heterocycles. The Morgan fingerprint density at radius 3 is 1.17 bits per heavy atom. The minimum Gasteiger partial charge on any atom is -0.455 e. The van der Waals surface area contributed by atoms with Crippen molar-refractivity contribution in [2.45, 2.75) is 0 Å². The molecule has 0 spiro atoms. The second kappa shape index (κ2) is 18.4. The van der Waals surface area contributed by atoms with Gasteiger partial charge in [-0.3, -0.25) is 0 Å². The molecule has 0 fully saturated rings. The number of hydrogen-bond donors (Lipinski definition) is 0. The summed E-state index contributed by atoms with van der Waals surface area (Å²) in [5, 5.41) is -9.46. The molecule has 1 heteroatoms. The maximum atomic E-state index is 9.68. The standard InChI is InChI=1S/C40H26.C36H22O/c1-3-12-29-24-32(22-20-27(29)10-1)31-14-9-15-33(26-31)39-35-16-5-7-18-37(35)40(38-19-8-6-17-36(38)39)34-23-21-28-11-2-4-13-30(28)25-34;1-2-12-24(13-3-1)33-26-15-6-8-17-28(26)34(29-18-9-7-16-27(29)33)30-19-10-20-32-35(30)31-22-21-23-11-4-5-14-25(23)36(31)37-32/h1-26H;1-22H/i1D,2D,3D,4D,5D,6D,7D,8D,9D,10D,11D,12D,13D,14D,15D,16D,17D,18D,19D,20D,21D,22D,23D,24D,25D,26D;1D,2D,3D,4D,5D,6D,7D,8D,9D,10D,11D,12D,13D,14D,15D,16D,17D,18D,19D,20D,21D,22D. The molecule has 0 unspecified atom stereocenters. The van der Waals surface area contributed by atoms with Gasteiger partial charge in [-0.1, -0.05) is 260 Å². The van der Waals surface area contributed by atoms with Gasteiger partial charge < -0.3 is 4.42 Å². The quantitative estimate of drug-likeness (QED) is 0.157. The molecule has 0 atom stereocenters. The number of fused-ring (bicyclic) bond motifs is 11. The lowest BCUT2D eigenvalue weighted by molar-refractivity contribution is 0.673. The number of furan rings is 1. The zero-order valence-electron chi connectivity index (χ0n) is 86.4. The van der Waals surface area contributed by atoms with Gasteiger partial charge in [-0.2, -0.15) is 0 Å². The van der Waals surface area contributed by atoms with E-state index in [1.807, 2.05) is 0 Å². The predicted octanol–water partition coefficient (Wildman–Crippen LogP) is 21.7. The monoisotopic (exact) mass is 1020 g/mol. The van der Waals surface area contributed by atoms with Crippen molar-refractivity contribution < 1.29 is 70.2 Å². The lowest BCUT2D eigenvalue weighted by Gasteiger charge is -2.18. The Bertz CT molecular complexity index is 7730. The van der Waals surface area contributed by atoms with E-state index in [2.05, 4.69) is 0 Å². The molecule has 16 rings (SSSR count). The summed E-state index contributed by atoms with van der Waals surface area (Å²) < 4.78 is 430. The van der Waals surface area contributed by atoms with Crippen molar-refractivity contribution in [3.05, 3.63) is 290 Å². The van der Waals surface area contributed by atoms with Crippen molar-refractivity contribution in [3.8, 4) is 55.6 Å². The predicted molar refractivity (Wildman–Crippen MR) is 330 cm³/mol. The topological polar surface area (TPSA) is 13.1 Å². The minimum atomic E-state index is -1.06. The molecular weight excluding hydrogens is 929 g/mol. The van der Waals surface area contributed by atoms with E-state index in [1.54, 1.807) is 0 Å². The molecule has 0 aliphatic heterocycles. The molecule has 1 nitrogen and oxygen atoms in total. The van der Waals surface area contributed by atoms with E-state index in [1.165, 1.54) is 0 Å². The summed E-state index contributed by atoms with van der Waals surface area (Å²) >= 11 is 0. The number of rotatable bonds is 5. The van der Waals surface area contributed by atoms with Crippen molar-refractivity contribution in [1.82, 2.24) is 0 Å². The summed E-state index contributed by atoms with van der Waals surface area (Å²) in [5.41, 5.74) is -8.26. The zero-order valence-corrected chi connectivity index (χ0v) is 38.4. The van der Waals surface area contributed by atoms with Crippen LogP contribution in [0.25, 0.3) is 153 Å². The Morgan fingerprint density at radius 1 is 0.221 bits per heavy atom. The largest absolute Gasteiger partial charge is 0.455 e. The van der Waals surface area contributed by atoms with Gasteiger partial charge in [-0.25, -0.2) is 0 Å². The highest BCUT2D eigenvalue weighted by molar-refractivity contribution is 6.27. The van der Waals surface area contributed by atoms with Gasteiger partial charge in [0.05, 0.1) is 65.8 Å². The summed E-state index contributed by atoms with van der Waals surface area (Å²) in [7, 11) is 0. The third-order valence-corrected chi connectivity index (χ3v) is 12.4. The molecule has 0 aliphatic rings. The van der Waals surface area contributed by atoms with Crippen LogP contribution < -0.4 is 0 Å². The van der Waals surface area contributed by atoms with Crippen LogP contribution in [0.5, 0.6) is 0 Å². The Kier molecular flexibility index (Phi) is 4.18. The molecule has 358 valence electrons. The van der Waals surface area contributed by atoms with Crippen LogP contribution in [-0.4, -0.2) is 0 Å². The summed E-state index contributed by atoms with van der Waals surface area (Å²) in [6, 6.07) is -42.5. The van der Waals surface area contributed by atoms with E-state index in [-0.39, 0.29) is 0 Å². The molecule has 0 radical (unpaired) electrons. The van der Waals surface area contributed by atoms with Crippen LogP contribution in [0.3, 0.4) is 0 Å². The smallest absolute Gasteiger partial charge is 0.143 e. The van der Waals surface area contributed by atoms with Crippen molar-refractivity contribution in [1.29, 1.82) is 0 Å². The Hall–Kier alpha value is -10.1. The van der Waals surface area contributed by atoms with Gasteiger partial charge in [0.15, 0.2) is 0 Å². The van der Waals surface area contributed by atoms with Crippen LogP contribution in [0.1, 0.15) is 65.8 Å². The number of benzene rings is 15.